The maximum absolute atomic E-state index is 12.8. The fraction of sp³-hybridized carbons (Fsp3) is 0.619. The quantitative estimate of drug-likeness (QED) is 0.859. The van der Waals surface area contributed by atoms with Crippen LogP contribution in [0.1, 0.15) is 59.4 Å². The van der Waals surface area contributed by atoms with Gasteiger partial charge < -0.3 is 10.1 Å². The number of likely N-dealkylation sites (tertiary alicyclic amines) is 1. The van der Waals surface area contributed by atoms with E-state index in [2.05, 4.69) is 26.1 Å². The molecule has 0 spiro atoms. The summed E-state index contributed by atoms with van der Waals surface area (Å²) in [6.07, 6.45) is 1.94. The maximum atomic E-state index is 12.8. The van der Waals surface area contributed by atoms with Gasteiger partial charge in [-0.3, -0.25) is 9.69 Å². The Hall–Kier alpha value is -2.04. The minimum Gasteiger partial charge on any atom is -0.445 e. The summed E-state index contributed by atoms with van der Waals surface area (Å²) in [6, 6.07) is 9.12. The molecule has 5 heteroatoms. The molecule has 1 aromatic rings. The highest BCUT2D eigenvalue weighted by Gasteiger charge is 2.37. The van der Waals surface area contributed by atoms with E-state index in [1.165, 1.54) is 0 Å². The van der Waals surface area contributed by atoms with Crippen molar-refractivity contribution in [1.29, 1.82) is 0 Å². The first kappa shape index (κ1) is 20.3. The Bertz CT molecular complexity index is 620. The van der Waals surface area contributed by atoms with Gasteiger partial charge >= 0.3 is 6.09 Å². The number of ether oxygens (including phenoxy) is 1. The van der Waals surface area contributed by atoms with Gasteiger partial charge in [0.2, 0.25) is 5.91 Å². The number of benzene rings is 1. The number of rotatable bonds is 5. The van der Waals surface area contributed by atoms with Crippen LogP contribution in [0.5, 0.6) is 0 Å². The summed E-state index contributed by atoms with van der Waals surface area (Å²) in [5, 5.41) is 3.13. The summed E-state index contributed by atoms with van der Waals surface area (Å²) >= 11 is 0. The van der Waals surface area contributed by atoms with Gasteiger partial charge in [-0.2, -0.15) is 0 Å². The predicted octanol–water partition coefficient (Wildman–Crippen LogP) is 4.12. The second-order valence-corrected chi connectivity index (χ2v) is 9.00. The molecular weight excluding hydrogens is 328 g/mol. The van der Waals surface area contributed by atoms with Gasteiger partial charge in [-0.15, -0.1) is 0 Å². The van der Waals surface area contributed by atoms with Gasteiger partial charge in [0, 0.05) is 12.1 Å². The molecule has 1 aromatic carbocycles. The van der Waals surface area contributed by atoms with Crippen molar-refractivity contribution < 1.29 is 14.3 Å². The molecule has 0 radical (unpaired) electrons. The van der Waals surface area contributed by atoms with Crippen LogP contribution in [0, 0.1) is 5.41 Å². The normalized spacial score (nSPS) is 17.9. The lowest BCUT2D eigenvalue weighted by Gasteiger charge is -2.35. The Morgan fingerprint density at radius 1 is 1.15 bits per heavy atom. The summed E-state index contributed by atoms with van der Waals surface area (Å²) in [4.78, 5) is 26.8. The molecule has 144 valence electrons. The number of hydrogen-bond acceptors (Lipinski definition) is 3. The molecule has 1 saturated heterocycles. The van der Waals surface area contributed by atoms with Crippen molar-refractivity contribution in [3.63, 3.8) is 0 Å². The molecule has 1 heterocycles. The topological polar surface area (TPSA) is 58.6 Å². The third-order valence-corrected chi connectivity index (χ3v) is 4.43. The predicted molar refractivity (Wildman–Crippen MR) is 103 cm³/mol. The largest absolute Gasteiger partial charge is 0.445 e. The molecule has 2 rings (SSSR count). The van der Waals surface area contributed by atoms with Crippen LogP contribution in [0.3, 0.4) is 0 Å². The second kappa shape index (κ2) is 8.11. The minimum atomic E-state index is -0.447. The van der Waals surface area contributed by atoms with Crippen LogP contribution >= 0.6 is 0 Å². The lowest BCUT2D eigenvalue weighted by molar-refractivity contribution is -0.127. The molecular formula is C21H32N2O3. The molecule has 1 aliphatic rings. The molecule has 1 atom stereocenters. The van der Waals surface area contributed by atoms with E-state index < -0.39 is 12.1 Å². The molecule has 1 fully saturated rings. The SMILES string of the molecule is CC(C)(C)CC(C)(C)NC(=O)C1CCCN1C(=O)OCc1ccccc1. The number of amides is 2. The zero-order valence-electron chi connectivity index (χ0n) is 16.7. The molecule has 1 aliphatic heterocycles. The van der Waals surface area contributed by atoms with E-state index in [9.17, 15) is 9.59 Å². The van der Waals surface area contributed by atoms with Gasteiger partial charge in [0.25, 0.3) is 0 Å². The van der Waals surface area contributed by atoms with E-state index in [1.54, 1.807) is 4.90 Å². The number of carbonyl (C=O) groups excluding carboxylic acids is 2. The van der Waals surface area contributed by atoms with Gasteiger partial charge in [-0.1, -0.05) is 51.1 Å². The fourth-order valence-electron chi connectivity index (χ4n) is 3.85. The highest BCUT2D eigenvalue weighted by molar-refractivity contribution is 5.86. The summed E-state index contributed by atoms with van der Waals surface area (Å²) in [5.74, 6) is -0.0894. The van der Waals surface area contributed by atoms with Crippen LogP contribution in [0.4, 0.5) is 4.79 Å². The Labute approximate surface area is 157 Å². The maximum Gasteiger partial charge on any atom is 0.410 e. The first-order valence-electron chi connectivity index (χ1n) is 9.37. The third-order valence-electron chi connectivity index (χ3n) is 4.43. The van der Waals surface area contributed by atoms with Crippen molar-refractivity contribution in [2.45, 2.75) is 72.1 Å². The molecule has 0 aliphatic carbocycles. The first-order valence-corrected chi connectivity index (χ1v) is 9.37. The van der Waals surface area contributed by atoms with Crippen LogP contribution < -0.4 is 5.32 Å². The monoisotopic (exact) mass is 360 g/mol. The van der Waals surface area contributed by atoms with Crippen molar-refractivity contribution in [3.8, 4) is 0 Å². The van der Waals surface area contributed by atoms with Gasteiger partial charge in [0.05, 0.1) is 0 Å². The summed E-state index contributed by atoms with van der Waals surface area (Å²) in [6.45, 7) is 11.3. The average Bonchev–Trinajstić information content (AvgIpc) is 3.00. The lowest BCUT2D eigenvalue weighted by atomic mass is 9.81. The number of carbonyl (C=O) groups is 2. The molecule has 5 nitrogen and oxygen atoms in total. The van der Waals surface area contributed by atoms with Crippen molar-refractivity contribution >= 4 is 12.0 Å². The number of hydrogen-bond donors (Lipinski definition) is 1. The van der Waals surface area contributed by atoms with Crippen molar-refractivity contribution in [2.24, 2.45) is 5.41 Å². The zero-order valence-corrected chi connectivity index (χ0v) is 16.7. The minimum absolute atomic E-state index is 0.0894. The fourth-order valence-corrected chi connectivity index (χ4v) is 3.85. The standard InChI is InChI=1S/C21H32N2O3/c1-20(2,3)15-21(4,5)22-18(24)17-12-9-13-23(17)19(25)26-14-16-10-7-6-8-11-16/h6-8,10-11,17H,9,12-15H2,1-5H3,(H,22,24). The van der Waals surface area contributed by atoms with E-state index in [0.29, 0.717) is 13.0 Å². The highest BCUT2D eigenvalue weighted by atomic mass is 16.6. The number of nitrogens with one attached hydrogen (secondary N) is 1. The smallest absolute Gasteiger partial charge is 0.410 e. The summed E-state index contributed by atoms with van der Waals surface area (Å²) in [7, 11) is 0. The van der Waals surface area contributed by atoms with Crippen molar-refractivity contribution in [1.82, 2.24) is 10.2 Å². The van der Waals surface area contributed by atoms with E-state index in [4.69, 9.17) is 4.74 Å². The second-order valence-electron chi connectivity index (χ2n) is 9.00. The Balaban J connectivity index is 1.93. The molecule has 1 N–H and O–H groups in total. The van der Waals surface area contributed by atoms with Crippen LogP contribution in [-0.2, 0) is 16.1 Å². The van der Waals surface area contributed by atoms with E-state index in [1.807, 2.05) is 44.2 Å². The van der Waals surface area contributed by atoms with Crippen LogP contribution in [-0.4, -0.2) is 35.0 Å². The van der Waals surface area contributed by atoms with Crippen LogP contribution in [0.2, 0.25) is 0 Å². The molecule has 0 saturated carbocycles. The van der Waals surface area contributed by atoms with Crippen molar-refractivity contribution in [2.75, 3.05) is 6.54 Å². The molecule has 1 unspecified atom stereocenters. The average molecular weight is 360 g/mol. The Kier molecular flexibility index (Phi) is 6.32. The van der Waals surface area contributed by atoms with Crippen LogP contribution in [0.15, 0.2) is 30.3 Å². The zero-order chi connectivity index (χ0) is 19.4. The molecule has 0 bridgehead atoms. The van der Waals surface area contributed by atoms with E-state index >= 15 is 0 Å². The summed E-state index contributed by atoms with van der Waals surface area (Å²) in [5.41, 5.74) is 0.727. The first-order chi connectivity index (χ1) is 12.1. The van der Waals surface area contributed by atoms with Gasteiger partial charge in [-0.05, 0) is 44.1 Å². The van der Waals surface area contributed by atoms with Gasteiger partial charge in [0.1, 0.15) is 12.6 Å². The molecule has 0 aromatic heterocycles. The Morgan fingerprint density at radius 3 is 2.42 bits per heavy atom. The Morgan fingerprint density at radius 2 is 1.81 bits per heavy atom. The van der Waals surface area contributed by atoms with Gasteiger partial charge in [0.15, 0.2) is 0 Å². The molecule has 26 heavy (non-hydrogen) atoms. The highest BCUT2D eigenvalue weighted by Crippen LogP contribution is 2.28. The van der Waals surface area contributed by atoms with E-state index in [0.717, 1.165) is 18.4 Å². The van der Waals surface area contributed by atoms with E-state index in [-0.39, 0.29) is 23.5 Å². The van der Waals surface area contributed by atoms with Crippen LogP contribution in [0.25, 0.3) is 0 Å². The van der Waals surface area contributed by atoms with Crippen molar-refractivity contribution in [3.05, 3.63) is 35.9 Å². The summed E-state index contributed by atoms with van der Waals surface area (Å²) < 4.78 is 5.41. The molecule has 2 amide bonds. The lowest BCUT2D eigenvalue weighted by Crippen LogP contribution is -2.53. The van der Waals surface area contributed by atoms with Gasteiger partial charge in [-0.25, -0.2) is 4.79 Å². The number of nitrogens with zero attached hydrogens (tertiary/aromatic N) is 1. The third kappa shape index (κ3) is 6.04.